The van der Waals surface area contributed by atoms with Gasteiger partial charge in [0.25, 0.3) is 5.91 Å². The van der Waals surface area contributed by atoms with E-state index in [9.17, 15) is 18.0 Å². The van der Waals surface area contributed by atoms with Crippen molar-refractivity contribution in [1.29, 1.82) is 0 Å². The van der Waals surface area contributed by atoms with Gasteiger partial charge in [-0.3, -0.25) is 4.79 Å². The van der Waals surface area contributed by atoms with E-state index in [4.69, 9.17) is 4.74 Å². The normalized spacial score (nSPS) is 19.7. The topological polar surface area (TPSA) is 83.8 Å². The highest BCUT2D eigenvalue weighted by Crippen LogP contribution is 2.38. The van der Waals surface area contributed by atoms with Crippen LogP contribution in [0.3, 0.4) is 0 Å². The summed E-state index contributed by atoms with van der Waals surface area (Å²) in [5.41, 5.74) is 2.17. The molecule has 37 heavy (non-hydrogen) atoms. The highest BCUT2D eigenvalue weighted by molar-refractivity contribution is 6.03. The maximum absolute atomic E-state index is 14.5. The van der Waals surface area contributed by atoms with Crippen LogP contribution >= 0.6 is 0 Å². The summed E-state index contributed by atoms with van der Waals surface area (Å²) in [7, 11) is 0. The van der Waals surface area contributed by atoms with E-state index in [0.717, 1.165) is 23.9 Å². The molecule has 8 nitrogen and oxygen atoms in total. The first-order valence-corrected chi connectivity index (χ1v) is 11.9. The van der Waals surface area contributed by atoms with Gasteiger partial charge in [-0.15, -0.1) is 5.10 Å². The number of nitrogens with zero attached hydrogens (tertiary/aromatic N) is 4. The first kappa shape index (κ1) is 23.3. The number of fused-ring (bicyclic) bond motifs is 1. The Morgan fingerprint density at radius 1 is 1.03 bits per heavy atom. The molecule has 2 N–H and O–H groups in total. The van der Waals surface area contributed by atoms with Crippen LogP contribution < -0.4 is 15.5 Å². The fourth-order valence-corrected chi connectivity index (χ4v) is 4.67. The van der Waals surface area contributed by atoms with E-state index < -0.39 is 29.8 Å². The van der Waals surface area contributed by atoms with Crippen molar-refractivity contribution in [2.75, 3.05) is 35.3 Å². The second-order valence-electron chi connectivity index (χ2n) is 9.18. The van der Waals surface area contributed by atoms with E-state index in [0.29, 0.717) is 36.4 Å². The van der Waals surface area contributed by atoms with E-state index in [1.54, 1.807) is 29.2 Å². The van der Waals surface area contributed by atoms with E-state index in [1.165, 1.54) is 10.7 Å². The van der Waals surface area contributed by atoms with Crippen LogP contribution in [0.1, 0.15) is 28.5 Å². The minimum atomic E-state index is -1.25. The summed E-state index contributed by atoms with van der Waals surface area (Å²) in [4.78, 5) is 18.9. The summed E-state index contributed by atoms with van der Waals surface area (Å²) < 4.78 is 49.4. The molecule has 2 saturated heterocycles. The molecule has 0 bridgehead atoms. The van der Waals surface area contributed by atoms with Gasteiger partial charge in [0.15, 0.2) is 11.3 Å². The molecule has 0 radical (unpaired) electrons. The number of rotatable bonds is 6. The second kappa shape index (κ2) is 9.40. The Morgan fingerprint density at radius 2 is 1.81 bits per heavy atom. The van der Waals surface area contributed by atoms with Crippen molar-refractivity contribution >= 4 is 28.7 Å². The number of halogens is 3. The number of amides is 1. The van der Waals surface area contributed by atoms with Gasteiger partial charge in [-0.05, 0) is 54.6 Å². The Hall–Kier alpha value is -4.12. The number of ether oxygens (including phenoxy) is 1. The Balaban J connectivity index is 1.25. The minimum absolute atomic E-state index is 0.00398. The Morgan fingerprint density at radius 3 is 2.57 bits per heavy atom. The van der Waals surface area contributed by atoms with Gasteiger partial charge in [0.1, 0.15) is 23.6 Å². The number of carbonyl (C=O) groups is 1. The van der Waals surface area contributed by atoms with Gasteiger partial charge >= 0.3 is 0 Å². The maximum Gasteiger partial charge on any atom is 0.276 e. The number of imidazole rings is 1. The summed E-state index contributed by atoms with van der Waals surface area (Å²) in [5.74, 6) is -1.32. The van der Waals surface area contributed by atoms with E-state index in [1.807, 2.05) is 12.1 Å². The van der Waals surface area contributed by atoms with E-state index in [2.05, 4.69) is 20.7 Å². The largest absolute Gasteiger partial charge is 0.378 e. The molecule has 190 valence electrons. The van der Waals surface area contributed by atoms with Gasteiger partial charge in [0.2, 0.25) is 0 Å². The Kier molecular flexibility index (Phi) is 5.91. The molecule has 0 aliphatic carbocycles. The summed E-state index contributed by atoms with van der Waals surface area (Å²) in [6.07, 6.45) is 0.153. The molecule has 1 amide bonds. The fraction of sp³-hybridized carbons (Fsp3) is 0.269. The number of carbonyl (C=O) groups excluding carboxylic acids is 1. The lowest BCUT2D eigenvalue weighted by molar-refractivity contribution is 0.0211. The van der Waals surface area contributed by atoms with Gasteiger partial charge < -0.3 is 20.3 Å². The molecule has 11 heteroatoms. The predicted molar refractivity (Wildman–Crippen MR) is 132 cm³/mol. The average Bonchev–Trinajstić information content (AvgIpc) is 3.47. The number of aromatic nitrogens is 3. The smallest absolute Gasteiger partial charge is 0.276 e. The first-order valence-electron chi connectivity index (χ1n) is 11.9. The summed E-state index contributed by atoms with van der Waals surface area (Å²) in [5, 5.41) is 10.7. The zero-order valence-electron chi connectivity index (χ0n) is 19.6. The molecular weight excluding hydrogens is 485 g/mol. The van der Waals surface area contributed by atoms with Crippen LogP contribution in [0.5, 0.6) is 0 Å². The molecule has 0 saturated carbocycles. The Labute approximate surface area is 210 Å². The molecule has 2 aliphatic rings. The van der Waals surface area contributed by atoms with Crippen LogP contribution in [-0.4, -0.2) is 52.5 Å². The fourth-order valence-electron chi connectivity index (χ4n) is 4.67. The summed E-state index contributed by atoms with van der Waals surface area (Å²) in [6.45, 7) is 1.30. The maximum atomic E-state index is 14.5. The molecule has 6 rings (SSSR count). The number of nitrogens with one attached hydrogen (secondary N) is 2. The number of hydrogen-bond acceptors (Lipinski definition) is 6. The van der Waals surface area contributed by atoms with Crippen molar-refractivity contribution in [2.45, 2.75) is 24.7 Å². The SMILES string of the molecule is O=C(Nc1ccc(NC2COC2)cc1)c1cnc2ccc(N3C[C@@H](F)C[C@@H]3c3cc(F)ccc3F)nn12. The van der Waals surface area contributed by atoms with Crippen molar-refractivity contribution in [3.05, 3.63) is 83.7 Å². The standard InChI is InChI=1S/C26H23F3N6O2/c27-15-1-6-21(29)20(9-15)22-10-16(28)12-34(22)25-8-7-24-30-11-23(35(24)33-25)26(36)32-18-4-2-17(3-5-18)31-19-13-37-14-19/h1-9,11,16,19,22,31H,10,12-14H2,(H,32,36)/t16-,22+/m0/s1. The minimum Gasteiger partial charge on any atom is -0.378 e. The summed E-state index contributed by atoms with van der Waals surface area (Å²) >= 11 is 0. The van der Waals surface area contributed by atoms with E-state index >= 15 is 0 Å². The van der Waals surface area contributed by atoms with Gasteiger partial charge in [-0.2, -0.15) is 0 Å². The zero-order valence-corrected chi connectivity index (χ0v) is 19.6. The average molecular weight is 509 g/mol. The molecule has 2 aromatic heterocycles. The quantitative estimate of drug-likeness (QED) is 0.403. The van der Waals surface area contributed by atoms with Crippen molar-refractivity contribution in [2.24, 2.45) is 0 Å². The van der Waals surface area contributed by atoms with Crippen LogP contribution in [-0.2, 0) is 4.74 Å². The van der Waals surface area contributed by atoms with Crippen molar-refractivity contribution in [3.8, 4) is 0 Å². The number of anilines is 3. The van der Waals surface area contributed by atoms with Crippen molar-refractivity contribution < 1.29 is 22.7 Å². The van der Waals surface area contributed by atoms with E-state index in [-0.39, 0.29) is 24.2 Å². The number of alkyl halides is 1. The number of hydrogen-bond donors (Lipinski definition) is 2. The van der Waals surface area contributed by atoms with Gasteiger partial charge in [-0.25, -0.2) is 22.7 Å². The highest BCUT2D eigenvalue weighted by Gasteiger charge is 2.36. The molecule has 2 fully saturated rings. The molecule has 2 atom stereocenters. The molecule has 0 spiro atoms. The molecule has 0 unspecified atom stereocenters. The van der Waals surface area contributed by atoms with Crippen molar-refractivity contribution in [1.82, 2.24) is 14.6 Å². The summed E-state index contributed by atoms with van der Waals surface area (Å²) in [6, 6.07) is 13.3. The monoisotopic (exact) mass is 508 g/mol. The van der Waals surface area contributed by atoms with Gasteiger partial charge in [0, 0.05) is 23.4 Å². The predicted octanol–water partition coefficient (Wildman–Crippen LogP) is 4.36. The van der Waals surface area contributed by atoms with Gasteiger partial charge in [0.05, 0.1) is 38.0 Å². The van der Waals surface area contributed by atoms with Crippen LogP contribution in [0.2, 0.25) is 0 Å². The second-order valence-corrected chi connectivity index (χ2v) is 9.18. The molecular formula is C26H23F3N6O2. The third-order valence-electron chi connectivity index (χ3n) is 6.59. The Bertz CT molecular complexity index is 1460. The third kappa shape index (κ3) is 4.57. The van der Waals surface area contributed by atoms with Crippen molar-refractivity contribution in [3.63, 3.8) is 0 Å². The molecule has 4 aromatic rings. The van der Waals surface area contributed by atoms with Crippen LogP contribution in [0, 0.1) is 11.6 Å². The molecule has 4 heterocycles. The van der Waals surface area contributed by atoms with Crippen LogP contribution in [0.15, 0.2) is 60.8 Å². The zero-order chi connectivity index (χ0) is 25.5. The van der Waals surface area contributed by atoms with Crippen LogP contribution in [0.4, 0.5) is 30.4 Å². The highest BCUT2D eigenvalue weighted by atomic mass is 19.1. The molecule has 2 aromatic carbocycles. The lowest BCUT2D eigenvalue weighted by Gasteiger charge is -2.27. The van der Waals surface area contributed by atoms with Crippen LogP contribution in [0.25, 0.3) is 5.65 Å². The third-order valence-corrected chi connectivity index (χ3v) is 6.59. The lowest BCUT2D eigenvalue weighted by Crippen LogP contribution is -2.40. The van der Waals surface area contributed by atoms with Gasteiger partial charge in [-0.1, -0.05) is 0 Å². The first-order chi connectivity index (χ1) is 17.9. The molecule has 2 aliphatic heterocycles. The lowest BCUT2D eigenvalue weighted by atomic mass is 10.0. The number of benzene rings is 2.